The quantitative estimate of drug-likeness (QED) is 0.711. The van der Waals surface area contributed by atoms with E-state index in [0.717, 1.165) is 18.5 Å². The average Bonchev–Trinajstić information content (AvgIpc) is 2.38. The Morgan fingerprint density at radius 2 is 2.05 bits per heavy atom. The van der Waals surface area contributed by atoms with Crippen molar-refractivity contribution >= 4 is 23.2 Å². The van der Waals surface area contributed by atoms with E-state index >= 15 is 0 Å². The number of likely N-dealkylation sites (N-methyl/N-ethyl adjacent to an activating group) is 1. The summed E-state index contributed by atoms with van der Waals surface area (Å²) in [5.41, 5.74) is 1.08. The molecule has 0 aliphatic carbocycles. The third-order valence-corrected chi connectivity index (χ3v) is 3.31. The molecular formula is C14H21Cl2NO2. The Hall–Kier alpha value is -0.320. The zero-order chi connectivity index (χ0) is 14.1. The first kappa shape index (κ1) is 16.7. The monoisotopic (exact) mass is 305 g/mol. The summed E-state index contributed by atoms with van der Waals surface area (Å²) in [5, 5.41) is 4.75. The predicted octanol–water partition coefficient (Wildman–Crippen LogP) is 3.18. The first-order valence-electron chi connectivity index (χ1n) is 6.41. The van der Waals surface area contributed by atoms with Gasteiger partial charge in [-0.2, -0.15) is 0 Å². The van der Waals surface area contributed by atoms with E-state index in [2.05, 4.69) is 12.2 Å². The van der Waals surface area contributed by atoms with E-state index in [9.17, 15) is 0 Å². The molecule has 5 heteroatoms. The van der Waals surface area contributed by atoms with E-state index in [-0.39, 0.29) is 6.04 Å². The average molecular weight is 306 g/mol. The summed E-state index contributed by atoms with van der Waals surface area (Å²) in [7, 11) is 1.67. The number of nitrogens with one attached hydrogen (secondary N) is 1. The van der Waals surface area contributed by atoms with Crippen molar-refractivity contribution in [2.75, 3.05) is 33.5 Å². The summed E-state index contributed by atoms with van der Waals surface area (Å²) in [6.07, 6.45) is 0.816. The smallest absolute Gasteiger partial charge is 0.0701 e. The molecule has 0 aliphatic heterocycles. The number of hydrogen-bond donors (Lipinski definition) is 1. The summed E-state index contributed by atoms with van der Waals surface area (Å²) in [6.45, 7) is 4.82. The fourth-order valence-corrected chi connectivity index (χ4v) is 2.28. The molecule has 1 N–H and O–H groups in total. The lowest BCUT2D eigenvalue weighted by atomic mass is 10.1. The van der Waals surface area contributed by atoms with E-state index in [1.54, 1.807) is 13.2 Å². The Kier molecular flexibility index (Phi) is 8.42. The van der Waals surface area contributed by atoms with Crippen LogP contribution in [0, 0.1) is 0 Å². The highest BCUT2D eigenvalue weighted by atomic mass is 35.5. The summed E-state index contributed by atoms with van der Waals surface area (Å²) in [6, 6.07) is 5.83. The van der Waals surface area contributed by atoms with Crippen molar-refractivity contribution in [1.29, 1.82) is 0 Å². The molecule has 19 heavy (non-hydrogen) atoms. The van der Waals surface area contributed by atoms with Gasteiger partial charge in [0.2, 0.25) is 0 Å². The fourth-order valence-electron chi connectivity index (χ4n) is 1.80. The van der Waals surface area contributed by atoms with Crippen LogP contribution in [0.1, 0.15) is 12.5 Å². The van der Waals surface area contributed by atoms with Gasteiger partial charge in [0.15, 0.2) is 0 Å². The van der Waals surface area contributed by atoms with Crippen molar-refractivity contribution < 1.29 is 9.47 Å². The molecule has 1 atom stereocenters. The maximum Gasteiger partial charge on any atom is 0.0701 e. The molecule has 3 nitrogen and oxygen atoms in total. The van der Waals surface area contributed by atoms with Gasteiger partial charge in [-0.15, -0.1) is 0 Å². The number of rotatable bonds is 9. The normalized spacial score (nSPS) is 12.6. The number of hydrogen-bond acceptors (Lipinski definition) is 3. The van der Waals surface area contributed by atoms with Gasteiger partial charge >= 0.3 is 0 Å². The zero-order valence-corrected chi connectivity index (χ0v) is 12.9. The van der Waals surface area contributed by atoms with Crippen LogP contribution in [0.4, 0.5) is 0 Å². The molecule has 1 aromatic carbocycles. The molecule has 0 aromatic heterocycles. The highest BCUT2D eigenvalue weighted by Gasteiger charge is 2.11. The standard InChI is InChI=1S/C14H21Cl2NO2/c1-3-17-13(10-19-7-6-18-2)8-11-4-5-12(15)9-14(11)16/h4-5,9,13,17H,3,6-8,10H2,1-2H3. The molecule has 1 aromatic rings. The number of methoxy groups -OCH3 is 1. The van der Waals surface area contributed by atoms with Crippen molar-refractivity contribution in [3.05, 3.63) is 33.8 Å². The van der Waals surface area contributed by atoms with Crippen LogP contribution in [0.5, 0.6) is 0 Å². The lowest BCUT2D eigenvalue weighted by Gasteiger charge is -2.18. The van der Waals surface area contributed by atoms with Crippen molar-refractivity contribution in [2.45, 2.75) is 19.4 Å². The second kappa shape index (κ2) is 9.56. The molecule has 0 fully saturated rings. The van der Waals surface area contributed by atoms with E-state index in [0.29, 0.717) is 29.9 Å². The third-order valence-electron chi connectivity index (χ3n) is 2.73. The van der Waals surface area contributed by atoms with Gasteiger partial charge in [-0.1, -0.05) is 36.2 Å². The van der Waals surface area contributed by atoms with Crippen LogP contribution in [0.2, 0.25) is 10.0 Å². The molecule has 1 unspecified atom stereocenters. The van der Waals surface area contributed by atoms with Gasteiger partial charge in [0.05, 0.1) is 19.8 Å². The highest BCUT2D eigenvalue weighted by molar-refractivity contribution is 6.35. The van der Waals surface area contributed by atoms with Gasteiger partial charge in [0.1, 0.15) is 0 Å². The van der Waals surface area contributed by atoms with Gasteiger partial charge in [0, 0.05) is 23.2 Å². The van der Waals surface area contributed by atoms with Crippen molar-refractivity contribution in [1.82, 2.24) is 5.32 Å². The number of halogens is 2. The van der Waals surface area contributed by atoms with Crippen molar-refractivity contribution in [3.63, 3.8) is 0 Å². The van der Waals surface area contributed by atoms with Crippen LogP contribution in [-0.4, -0.2) is 39.5 Å². The molecule has 0 bridgehead atoms. The van der Waals surface area contributed by atoms with Crippen LogP contribution in [0.3, 0.4) is 0 Å². The number of benzene rings is 1. The molecule has 0 aliphatic rings. The molecular weight excluding hydrogens is 285 g/mol. The minimum atomic E-state index is 0.237. The predicted molar refractivity (Wildman–Crippen MR) is 80.3 cm³/mol. The van der Waals surface area contributed by atoms with E-state index < -0.39 is 0 Å². The van der Waals surface area contributed by atoms with Gasteiger partial charge in [0.25, 0.3) is 0 Å². The van der Waals surface area contributed by atoms with Gasteiger partial charge in [-0.3, -0.25) is 0 Å². The third kappa shape index (κ3) is 6.59. The summed E-state index contributed by atoms with van der Waals surface area (Å²) >= 11 is 12.1. The summed E-state index contributed by atoms with van der Waals surface area (Å²) < 4.78 is 10.5. The lowest BCUT2D eigenvalue weighted by molar-refractivity contribution is 0.0589. The first-order chi connectivity index (χ1) is 9.17. The van der Waals surface area contributed by atoms with Gasteiger partial charge in [-0.05, 0) is 30.7 Å². The Morgan fingerprint density at radius 1 is 1.26 bits per heavy atom. The molecule has 1 rings (SSSR count). The minimum Gasteiger partial charge on any atom is -0.382 e. The SMILES string of the molecule is CCNC(COCCOC)Cc1ccc(Cl)cc1Cl. The molecule has 0 radical (unpaired) electrons. The molecule has 0 amide bonds. The Bertz CT molecular complexity index is 374. The summed E-state index contributed by atoms with van der Waals surface area (Å²) in [5.74, 6) is 0. The molecule has 0 saturated carbocycles. The zero-order valence-electron chi connectivity index (χ0n) is 11.4. The van der Waals surface area contributed by atoms with Crippen LogP contribution >= 0.6 is 23.2 Å². The van der Waals surface area contributed by atoms with Crippen LogP contribution in [0.25, 0.3) is 0 Å². The van der Waals surface area contributed by atoms with Crippen LogP contribution < -0.4 is 5.32 Å². The van der Waals surface area contributed by atoms with E-state index in [4.69, 9.17) is 32.7 Å². The van der Waals surface area contributed by atoms with Crippen LogP contribution in [0.15, 0.2) is 18.2 Å². The Balaban J connectivity index is 2.51. The highest BCUT2D eigenvalue weighted by Crippen LogP contribution is 2.22. The fraction of sp³-hybridized carbons (Fsp3) is 0.571. The largest absolute Gasteiger partial charge is 0.382 e. The lowest BCUT2D eigenvalue weighted by Crippen LogP contribution is -2.35. The maximum atomic E-state index is 6.18. The van der Waals surface area contributed by atoms with Crippen molar-refractivity contribution in [3.8, 4) is 0 Å². The molecule has 0 saturated heterocycles. The first-order valence-corrected chi connectivity index (χ1v) is 7.17. The topological polar surface area (TPSA) is 30.5 Å². The second-order valence-electron chi connectivity index (χ2n) is 4.26. The molecule has 0 spiro atoms. The van der Waals surface area contributed by atoms with E-state index in [1.807, 2.05) is 12.1 Å². The van der Waals surface area contributed by atoms with Crippen molar-refractivity contribution in [2.24, 2.45) is 0 Å². The van der Waals surface area contributed by atoms with Gasteiger partial charge < -0.3 is 14.8 Å². The Labute approximate surface area is 125 Å². The van der Waals surface area contributed by atoms with E-state index in [1.165, 1.54) is 0 Å². The minimum absolute atomic E-state index is 0.237. The summed E-state index contributed by atoms with van der Waals surface area (Å²) in [4.78, 5) is 0. The van der Waals surface area contributed by atoms with Gasteiger partial charge in [-0.25, -0.2) is 0 Å². The molecule has 108 valence electrons. The maximum absolute atomic E-state index is 6.18. The molecule has 0 heterocycles. The number of ether oxygens (including phenoxy) is 2. The van der Waals surface area contributed by atoms with Crippen LogP contribution in [-0.2, 0) is 15.9 Å². The second-order valence-corrected chi connectivity index (χ2v) is 5.11. The Morgan fingerprint density at radius 3 is 2.68 bits per heavy atom.